The second-order valence-corrected chi connectivity index (χ2v) is 11.7. The van der Waals surface area contributed by atoms with Gasteiger partial charge in [-0.3, -0.25) is 9.80 Å². The summed E-state index contributed by atoms with van der Waals surface area (Å²) in [6.07, 6.45) is 0. The number of rotatable bonds is 4. The highest BCUT2D eigenvalue weighted by Crippen LogP contribution is 2.29. The Morgan fingerprint density at radius 3 is 0.808 bits per heavy atom. The van der Waals surface area contributed by atoms with Crippen molar-refractivity contribution in [3.05, 3.63) is 35.4 Å². The van der Waals surface area contributed by atoms with Gasteiger partial charge in [0.05, 0.1) is 0 Å². The van der Waals surface area contributed by atoms with Crippen molar-refractivity contribution >= 4 is 0 Å². The normalized spacial score (nSPS) is 14.4. The third-order valence-corrected chi connectivity index (χ3v) is 4.94. The van der Waals surface area contributed by atoms with E-state index < -0.39 is 0 Å². The molecule has 150 valence electrons. The Balaban J connectivity index is 2.98. The molecule has 0 saturated heterocycles. The Labute approximate surface area is 164 Å². The van der Waals surface area contributed by atoms with E-state index in [0.29, 0.717) is 0 Å². The smallest absolute Gasteiger partial charge is 0.0244 e. The summed E-state index contributed by atoms with van der Waals surface area (Å²) in [5.41, 5.74) is 3.35. The van der Waals surface area contributed by atoms with Gasteiger partial charge in [0.15, 0.2) is 0 Å². The first-order valence-corrected chi connectivity index (χ1v) is 10.1. The molecule has 0 bridgehead atoms. The molecule has 26 heavy (non-hydrogen) atoms. The minimum absolute atomic E-state index is 0.145. The molecule has 0 fully saturated rings. The molecule has 2 heteroatoms. The van der Waals surface area contributed by atoms with Crippen molar-refractivity contribution in [1.29, 1.82) is 0 Å². The minimum atomic E-state index is 0.145. The second kappa shape index (κ2) is 7.64. The third-order valence-electron chi connectivity index (χ3n) is 4.94. The largest absolute Gasteiger partial charge is 0.289 e. The van der Waals surface area contributed by atoms with Crippen LogP contribution in [0.5, 0.6) is 0 Å². The lowest BCUT2D eigenvalue weighted by Gasteiger charge is -2.46. The molecule has 0 saturated carbocycles. The first-order chi connectivity index (χ1) is 11.4. The number of hydrogen-bond acceptors (Lipinski definition) is 2. The molecule has 0 aromatic heterocycles. The molecule has 1 aromatic rings. The summed E-state index contributed by atoms with van der Waals surface area (Å²) in [6.45, 7) is 29.6. The highest BCUT2D eigenvalue weighted by atomic mass is 15.2. The van der Waals surface area contributed by atoms with Crippen LogP contribution in [-0.4, -0.2) is 32.0 Å². The van der Waals surface area contributed by atoms with Crippen LogP contribution in [0.25, 0.3) is 0 Å². The van der Waals surface area contributed by atoms with E-state index in [1.807, 2.05) is 0 Å². The van der Waals surface area contributed by atoms with Crippen LogP contribution in [0.2, 0.25) is 0 Å². The molecule has 0 amide bonds. The highest BCUT2D eigenvalue weighted by Gasteiger charge is 2.32. The predicted molar refractivity (Wildman–Crippen MR) is 117 cm³/mol. The van der Waals surface area contributed by atoms with Crippen LogP contribution in [0, 0.1) is 0 Å². The van der Waals surface area contributed by atoms with Gasteiger partial charge >= 0.3 is 0 Å². The zero-order chi connectivity index (χ0) is 20.6. The molecule has 2 nitrogen and oxygen atoms in total. The second-order valence-electron chi connectivity index (χ2n) is 11.7. The van der Waals surface area contributed by atoms with Gasteiger partial charge in [0.2, 0.25) is 0 Å². The average Bonchev–Trinajstić information content (AvgIpc) is 2.38. The molecule has 1 aromatic carbocycles. The van der Waals surface area contributed by atoms with Gasteiger partial charge in [-0.2, -0.15) is 0 Å². The molecule has 0 radical (unpaired) electrons. The quantitative estimate of drug-likeness (QED) is 0.606. The Morgan fingerprint density at radius 1 is 0.462 bits per heavy atom. The van der Waals surface area contributed by atoms with Crippen molar-refractivity contribution in [2.45, 2.75) is 118 Å². The summed E-state index contributed by atoms with van der Waals surface area (Å²) in [7, 11) is 0. The maximum absolute atomic E-state index is 2.58. The molecular formula is C24H44N2. The Kier molecular flexibility index (Phi) is 6.81. The molecule has 0 heterocycles. The van der Waals surface area contributed by atoms with E-state index in [-0.39, 0.29) is 22.2 Å². The molecule has 1 rings (SSSR count). The van der Waals surface area contributed by atoms with E-state index in [2.05, 4.69) is 117 Å². The fraction of sp³-hybridized carbons (Fsp3) is 0.750. The molecule has 0 N–H and O–H groups in total. The maximum Gasteiger partial charge on any atom is 0.0244 e. The lowest BCUT2D eigenvalue weighted by molar-refractivity contribution is 0.0285. The van der Waals surface area contributed by atoms with Gasteiger partial charge in [-0.25, -0.2) is 0 Å². The Bertz CT molecular complexity index is 476. The molecule has 0 atom stereocenters. The first kappa shape index (κ1) is 23.2. The van der Waals surface area contributed by atoms with Crippen molar-refractivity contribution in [2.24, 2.45) is 0 Å². The van der Waals surface area contributed by atoms with Crippen LogP contribution in [0.15, 0.2) is 24.3 Å². The molecular weight excluding hydrogens is 316 g/mol. The van der Waals surface area contributed by atoms with Gasteiger partial charge in [-0.1, -0.05) is 24.3 Å². The number of hydrogen-bond donors (Lipinski definition) is 0. The van der Waals surface area contributed by atoms with Crippen LogP contribution >= 0.6 is 0 Å². The summed E-state index contributed by atoms with van der Waals surface area (Å²) in [6, 6.07) is 9.24. The molecule has 0 aliphatic carbocycles. The van der Waals surface area contributed by atoms with Crippen LogP contribution in [0.3, 0.4) is 0 Å². The Morgan fingerprint density at radius 2 is 0.654 bits per heavy atom. The van der Waals surface area contributed by atoms with Crippen molar-refractivity contribution in [3.8, 4) is 0 Å². The molecule has 0 aliphatic rings. The SMILES string of the molecule is CC(C)(C)N(Cc1ccc(CN(C(C)(C)C)C(C)(C)C)cc1)C(C)(C)C. The van der Waals surface area contributed by atoms with E-state index in [0.717, 1.165) is 13.1 Å². The van der Waals surface area contributed by atoms with Gasteiger partial charge in [0.1, 0.15) is 0 Å². The van der Waals surface area contributed by atoms with E-state index in [1.165, 1.54) is 11.1 Å². The zero-order valence-corrected chi connectivity index (χ0v) is 19.6. The van der Waals surface area contributed by atoms with E-state index in [4.69, 9.17) is 0 Å². The summed E-state index contributed by atoms with van der Waals surface area (Å²) in [5.74, 6) is 0. The van der Waals surface area contributed by atoms with Crippen molar-refractivity contribution < 1.29 is 0 Å². The van der Waals surface area contributed by atoms with Crippen molar-refractivity contribution in [1.82, 2.24) is 9.80 Å². The van der Waals surface area contributed by atoms with Crippen LogP contribution in [0.4, 0.5) is 0 Å². The predicted octanol–water partition coefficient (Wildman–Crippen LogP) is 6.48. The molecule has 0 spiro atoms. The fourth-order valence-corrected chi connectivity index (χ4v) is 4.08. The molecule has 0 aliphatic heterocycles. The van der Waals surface area contributed by atoms with Gasteiger partial charge in [0.25, 0.3) is 0 Å². The first-order valence-electron chi connectivity index (χ1n) is 10.1. The van der Waals surface area contributed by atoms with Gasteiger partial charge < -0.3 is 0 Å². The Hall–Kier alpha value is -0.860. The summed E-state index contributed by atoms with van der Waals surface area (Å²) >= 11 is 0. The summed E-state index contributed by atoms with van der Waals surface area (Å²) in [4.78, 5) is 5.15. The van der Waals surface area contributed by atoms with Crippen molar-refractivity contribution in [3.63, 3.8) is 0 Å². The monoisotopic (exact) mass is 360 g/mol. The zero-order valence-electron chi connectivity index (χ0n) is 19.6. The van der Waals surface area contributed by atoms with Gasteiger partial charge in [0, 0.05) is 35.2 Å². The van der Waals surface area contributed by atoms with Crippen molar-refractivity contribution in [2.75, 3.05) is 0 Å². The van der Waals surface area contributed by atoms with Gasteiger partial charge in [-0.05, 0) is 94.2 Å². The van der Waals surface area contributed by atoms with Crippen LogP contribution in [-0.2, 0) is 13.1 Å². The molecule has 0 unspecified atom stereocenters. The number of nitrogens with zero attached hydrogens (tertiary/aromatic N) is 2. The van der Waals surface area contributed by atoms with E-state index in [1.54, 1.807) is 0 Å². The number of benzene rings is 1. The lowest BCUT2D eigenvalue weighted by atomic mass is 9.94. The minimum Gasteiger partial charge on any atom is -0.289 e. The highest BCUT2D eigenvalue weighted by molar-refractivity contribution is 5.23. The van der Waals surface area contributed by atoms with Crippen LogP contribution < -0.4 is 0 Å². The average molecular weight is 361 g/mol. The fourth-order valence-electron chi connectivity index (χ4n) is 4.08. The van der Waals surface area contributed by atoms with E-state index in [9.17, 15) is 0 Å². The van der Waals surface area contributed by atoms with E-state index >= 15 is 0 Å². The summed E-state index contributed by atoms with van der Waals surface area (Å²) < 4.78 is 0. The standard InChI is InChI=1S/C24H44N2/c1-21(2,3)25(22(4,5)6)17-19-13-15-20(16-14-19)18-26(23(7,8)9)24(10,11)12/h13-16H,17-18H2,1-12H3. The lowest BCUT2D eigenvalue weighted by Crippen LogP contribution is -2.52. The third kappa shape index (κ3) is 6.70. The summed E-state index contributed by atoms with van der Waals surface area (Å²) in [5, 5.41) is 0. The topological polar surface area (TPSA) is 6.48 Å². The van der Waals surface area contributed by atoms with Crippen LogP contribution in [0.1, 0.15) is 94.2 Å². The van der Waals surface area contributed by atoms with Gasteiger partial charge in [-0.15, -0.1) is 0 Å². The maximum atomic E-state index is 2.58.